The average Bonchev–Trinajstić information content (AvgIpc) is 2.71. The van der Waals surface area contributed by atoms with E-state index in [1.54, 1.807) is 0 Å². The van der Waals surface area contributed by atoms with Gasteiger partial charge >= 0.3 is 0 Å². The van der Waals surface area contributed by atoms with Crippen molar-refractivity contribution in [3.63, 3.8) is 0 Å². The van der Waals surface area contributed by atoms with E-state index in [2.05, 4.69) is 5.32 Å². The molecule has 0 aliphatic carbocycles. The summed E-state index contributed by atoms with van der Waals surface area (Å²) in [7, 11) is 0.391. The highest BCUT2D eigenvalue weighted by atomic mass is 32.2. The summed E-state index contributed by atoms with van der Waals surface area (Å²) in [4.78, 5) is 34.4. The van der Waals surface area contributed by atoms with Crippen molar-refractivity contribution < 1.29 is 27.7 Å². The summed E-state index contributed by atoms with van der Waals surface area (Å²) >= 11 is 0.878. The molecule has 0 saturated carbocycles. The number of amides is 2. The average molecular weight is 469 g/mol. The number of nitro benzene ring substituents is 1. The lowest BCUT2D eigenvalue weighted by Gasteiger charge is -2.15. The molecule has 2 aromatic carbocycles. The van der Waals surface area contributed by atoms with Crippen molar-refractivity contribution in [2.24, 2.45) is 5.73 Å². The molecule has 0 saturated heterocycles. The molecule has 11 nitrogen and oxygen atoms in total. The molecule has 166 valence electrons. The van der Waals surface area contributed by atoms with E-state index in [0.29, 0.717) is 0 Å². The Hall–Kier alpha value is -3.16. The summed E-state index contributed by atoms with van der Waals surface area (Å²) < 4.78 is 30.9. The first kappa shape index (κ1) is 24.1. The zero-order valence-electron chi connectivity index (χ0n) is 16.8. The van der Waals surface area contributed by atoms with E-state index in [1.807, 2.05) is 0 Å². The molecule has 2 amide bonds. The zero-order chi connectivity index (χ0) is 23.3. The van der Waals surface area contributed by atoms with Gasteiger partial charge in [0.2, 0.25) is 21.8 Å². The number of carbonyl (C=O) groups excluding carboxylic acids is 2. The molecule has 2 aromatic rings. The normalized spacial score (nSPS) is 11.2. The number of nitrogens with two attached hydrogens (primary N) is 1. The Bertz CT molecular complexity index is 1130. The molecule has 0 spiro atoms. The van der Waals surface area contributed by atoms with Crippen LogP contribution in [0.5, 0.6) is 5.75 Å². The number of nitrogens with one attached hydrogen (secondary N) is 1. The van der Waals surface area contributed by atoms with Crippen molar-refractivity contribution in [3.8, 4) is 5.75 Å². The Balaban J connectivity index is 2.22. The van der Waals surface area contributed by atoms with Gasteiger partial charge in [-0.3, -0.25) is 19.7 Å². The lowest BCUT2D eigenvalue weighted by Crippen LogP contribution is -2.22. The summed E-state index contributed by atoms with van der Waals surface area (Å²) in [5, 5.41) is 13.8. The third-order valence-corrected chi connectivity index (χ3v) is 6.90. The minimum Gasteiger partial charge on any atom is -0.495 e. The monoisotopic (exact) mass is 468 g/mol. The maximum atomic E-state index is 12.4. The quantitative estimate of drug-likeness (QED) is 0.319. The van der Waals surface area contributed by atoms with Gasteiger partial charge in [-0.2, -0.15) is 0 Å². The number of benzene rings is 2. The predicted octanol–water partition coefficient (Wildman–Crippen LogP) is 1.68. The van der Waals surface area contributed by atoms with E-state index in [0.717, 1.165) is 22.1 Å². The van der Waals surface area contributed by atoms with Crippen molar-refractivity contribution in [1.82, 2.24) is 4.31 Å². The van der Waals surface area contributed by atoms with Crippen LogP contribution in [0.1, 0.15) is 10.4 Å². The van der Waals surface area contributed by atoms with Crippen molar-refractivity contribution >= 4 is 45.0 Å². The number of thioether (sulfide) groups is 1. The molecular formula is C18H20N4O7S2. The molecule has 0 unspecified atom stereocenters. The number of hydrogen-bond donors (Lipinski definition) is 2. The van der Waals surface area contributed by atoms with Gasteiger partial charge in [-0.1, -0.05) is 0 Å². The highest BCUT2D eigenvalue weighted by molar-refractivity contribution is 8.00. The van der Waals surface area contributed by atoms with Crippen LogP contribution in [0.25, 0.3) is 0 Å². The number of rotatable bonds is 9. The highest BCUT2D eigenvalue weighted by Crippen LogP contribution is 2.32. The lowest BCUT2D eigenvalue weighted by atomic mass is 10.2. The molecule has 2 rings (SSSR count). The van der Waals surface area contributed by atoms with Gasteiger partial charge in [0.05, 0.1) is 33.3 Å². The smallest absolute Gasteiger partial charge is 0.283 e. The van der Waals surface area contributed by atoms with Crippen LogP contribution in [0.2, 0.25) is 0 Å². The zero-order valence-corrected chi connectivity index (χ0v) is 18.5. The van der Waals surface area contributed by atoms with Gasteiger partial charge in [0.25, 0.3) is 5.69 Å². The van der Waals surface area contributed by atoms with Crippen molar-refractivity contribution in [2.45, 2.75) is 9.79 Å². The number of nitro groups is 1. The van der Waals surface area contributed by atoms with Gasteiger partial charge in [-0.05, 0) is 30.3 Å². The Morgan fingerprint density at radius 1 is 1.23 bits per heavy atom. The second-order valence-electron chi connectivity index (χ2n) is 6.29. The van der Waals surface area contributed by atoms with Crippen LogP contribution in [-0.4, -0.2) is 56.4 Å². The molecule has 31 heavy (non-hydrogen) atoms. The Labute approximate surface area is 182 Å². The number of methoxy groups -OCH3 is 1. The molecular weight excluding hydrogens is 448 g/mol. The topological polar surface area (TPSA) is 162 Å². The maximum Gasteiger partial charge on any atom is 0.283 e. The summed E-state index contributed by atoms with van der Waals surface area (Å²) in [6.45, 7) is 0. The van der Waals surface area contributed by atoms with Gasteiger partial charge < -0.3 is 15.8 Å². The lowest BCUT2D eigenvalue weighted by molar-refractivity contribution is -0.387. The molecule has 0 bridgehead atoms. The fraction of sp³-hybridized carbons (Fsp3) is 0.222. The first-order valence-electron chi connectivity index (χ1n) is 8.58. The fourth-order valence-corrected chi connectivity index (χ4v) is 4.15. The minimum absolute atomic E-state index is 0.0239. The van der Waals surface area contributed by atoms with E-state index >= 15 is 0 Å². The van der Waals surface area contributed by atoms with Crippen LogP contribution < -0.4 is 15.8 Å². The summed E-state index contributed by atoms with van der Waals surface area (Å²) in [6, 6.07) is 7.73. The van der Waals surface area contributed by atoms with E-state index in [4.69, 9.17) is 10.5 Å². The summed E-state index contributed by atoms with van der Waals surface area (Å²) in [6.07, 6.45) is 0. The van der Waals surface area contributed by atoms with Gasteiger partial charge in [-0.15, -0.1) is 11.8 Å². The molecule has 0 aromatic heterocycles. The van der Waals surface area contributed by atoms with E-state index in [-0.39, 0.29) is 38.2 Å². The van der Waals surface area contributed by atoms with Gasteiger partial charge in [0.15, 0.2) is 0 Å². The molecule has 13 heteroatoms. The summed E-state index contributed by atoms with van der Waals surface area (Å²) in [5.41, 5.74) is 4.89. The SMILES string of the molecule is COc1ccc(S(=O)(=O)N(C)C)cc1NC(=O)CSc1ccc(C(N)=O)cc1[N+](=O)[O-]. The Kier molecular flexibility index (Phi) is 7.60. The van der Waals surface area contributed by atoms with E-state index in [9.17, 15) is 28.1 Å². The third-order valence-electron chi connectivity index (χ3n) is 4.02. The Morgan fingerprint density at radius 2 is 1.90 bits per heavy atom. The second kappa shape index (κ2) is 9.76. The van der Waals surface area contributed by atoms with Gasteiger partial charge in [0, 0.05) is 25.7 Å². The number of ether oxygens (including phenoxy) is 1. The van der Waals surface area contributed by atoms with E-state index in [1.165, 1.54) is 51.5 Å². The molecule has 0 heterocycles. The number of hydrogen-bond acceptors (Lipinski definition) is 8. The molecule has 0 fully saturated rings. The van der Waals surface area contributed by atoms with Crippen molar-refractivity contribution in [3.05, 3.63) is 52.1 Å². The fourth-order valence-electron chi connectivity index (χ4n) is 2.42. The van der Waals surface area contributed by atoms with Crippen LogP contribution in [0.3, 0.4) is 0 Å². The highest BCUT2D eigenvalue weighted by Gasteiger charge is 2.21. The van der Waals surface area contributed by atoms with Crippen LogP contribution in [-0.2, 0) is 14.8 Å². The first-order valence-corrected chi connectivity index (χ1v) is 11.0. The standard InChI is InChI=1S/C18H20N4O7S2/c1-21(2)31(27,28)12-5-6-15(29-3)13(9-12)20-17(23)10-30-16-7-4-11(18(19)24)8-14(16)22(25)26/h4-9H,10H2,1-3H3,(H2,19,24)(H,20,23). The number of sulfonamides is 1. The molecule has 0 radical (unpaired) electrons. The summed E-state index contributed by atoms with van der Waals surface area (Å²) in [5.74, 6) is -1.33. The molecule has 3 N–H and O–H groups in total. The first-order chi connectivity index (χ1) is 14.5. The van der Waals surface area contributed by atoms with Crippen LogP contribution in [0.15, 0.2) is 46.2 Å². The van der Waals surface area contributed by atoms with Crippen LogP contribution >= 0.6 is 11.8 Å². The Morgan fingerprint density at radius 3 is 2.45 bits per heavy atom. The number of anilines is 1. The van der Waals surface area contributed by atoms with Crippen molar-refractivity contribution in [1.29, 1.82) is 0 Å². The molecule has 0 atom stereocenters. The second-order valence-corrected chi connectivity index (χ2v) is 9.46. The maximum absolute atomic E-state index is 12.4. The largest absolute Gasteiger partial charge is 0.495 e. The number of primary amides is 1. The van der Waals surface area contributed by atoms with Crippen molar-refractivity contribution in [2.75, 3.05) is 32.3 Å². The number of carbonyl (C=O) groups is 2. The minimum atomic E-state index is -3.73. The molecule has 0 aliphatic heterocycles. The van der Waals surface area contributed by atoms with Gasteiger partial charge in [-0.25, -0.2) is 12.7 Å². The molecule has 0 aliphatic rings. The van der Waals surface area contributed by atoms with Gasteiger partial charge in [0.1, 0.15) is 5.75 Å². The van der Waals surface area contributed by atoms with Crippen LogP contribution in [0.4, 0.5) is 11.4 Å². The van der Waals surface area contributed by atoms with Crippen LogP contribution in [0, 0.1) is 10.1 Å². The number of nitrogens with zero attached hydrogens (tertiary/aromatic N) is 2. The third kappa shape index (κ3) is 5.71. The predicted molar refractivity (Wildman–Crippen MR) is 115 cm³/mol. The van der Waals surface area contributed by atoms with E-state index < -0.39 is 26.8 Å².